The molecule has 0 atom stereocenters. The highest BCUT2D eigenvalue weighted by Crippen LogP contribution is 2.16. The molecule has 0 spiro atoms. The third-order valence-corrected chi connectivity index (χ3v) is 2.87. The second kappa shape index (κ2) is 6.16. The van der Waals surface area contributed by atoms with Gasteiger partial charge in [-0.1, -0.05) is 6.07 Å². The van der Waals surface area contributed by atoms with Gasteiger partial charge in [0.15, 0.2) is 0 Å². The van der Waals surface area contributed by atoms with Crippen molar-refractivity contribution in [2.75, 3.05) is 0 Å². The first-order valence-corrected chi connectivity index (χ1v) is 6.10. The molecule has 0 aliphatic heterocycles. The molecule has 2 aromatic rings. The van der Waals surface area contributed by atoms with E-state index in [1.54, 1.807) is 36.4 Å². The number of carbonyl (C=O) groups excluding carboxylic acids is 1. The summed E-state index contributed by atoms with van der Waals surface area (Å²) < 4.78 is 18.8. The number of halogens is 1. The van der Waals surface area contributed by atoms with E-state index in [0.717, 1.165) is 5.56 Å². The van der Waals surface area contributed by atoms with Gasteiger partial charge in [0.2, 0.25) is 5.91 Å². The molecule has 2 rings (SSSR count). The fraction of sp³-hybridized carbons (Fsp3) is 0.133. The standard InChI is InChI=1S/C15H15FN2O2/c16-14-6-1-10(7-12(14)8-17)9-20-13-4-2-11(3-5-13)15(18)19/h1-7H,8-9,17H2,(H2,18,19). The average Bonchev–Trinajstić information content (AvgIpc) is 2.46. The van der Waals surface area contributed by atoms with Gasteiger partial charge in [-0.2, -0.15) is 0 Å². The van der Waals surface area contributed by atoms with Crippen LogP contribution in [0.4, 0.5) is 4.39 Å². The molecule has 0 bridgehead atoms. The molecule has 2 aromatic carbocycles. The Kier molecular flexibility index (Phi) is 4.32. The van der Waals surface area contributed by atoms with E-state index in [2.05, 4.69) is 0 Å². The molecule has 20 heavy (non-hydrogen) atoms. The molecule has 0 radical (unpaired) electrons. The largest absolute Gasteiger partial charge is 0.489 e. The van der Waals surface area contributed by atoms with E-state index in [-0.39, 0.29) is 12.4 Å². The minimum atomic E-state index is -0.484. The summed E-state index contributed by atoms with van der Waals surface area (Å²) >= 11 is 0. The molecule has 0 unspecified atom stereocenters. The summed E-state index contributed by atoms with van der Waals surface area (Å²) in [5.41, 5.74) is 12.3. The van der Waals surface area contributed by atoms with Crippen molar-refractivity contribution in [1.82, 2.24) is 0 Å². The molecule has 0 heterocycles. The maximum Gasteiger partial charge on any atom is 0.248 e. The molecular formula is C15H15FN2O2. The van der Waals surface area contributed by atoms with Crippen LogP contribution in [0.2, 0.25) is 0 Å². The lowest BCUT2D eigenvalue weighted by Gasteiger charge is -2.08. The molecule has 104 valence electrons. The predicted octanol–water partition coefficient (Wildman–Crippen LogP) is 1.96. The summed E-state index contributed by atoms with van der Waals surface area (Å²) in [6.45, 7) is 0.441. The van der Waals surface area contributed by atoms with E-state index in [1.165, 1.54) is 6.07 Å². The van der Waals surface area contributed by atoms with E-state index in [9.17, 15) is 9.18 Å². The highest BCUT2D eigenvalue weighted by atomic mass is 19.1. The number of ether oxygens (including phenoxy) is 1. The highest BCUT2D eigenvalue weighted by Gasteiger charge is 2.04. The van der Waals surface area contributed by atoms with Crippen molar-refractivity contribution in [3.05, 3.63) is 65.0 Å². The number of amides is 1. The van der Waals surface area contributed by atoms with Crippen LogP contribution in [0.3, 0.4) is 0 Å². The molecule has 0 aliphatic carbocycles. The Bertz CT molecular complexity index is 612. The summed E-state index contributed by atoms with van der Waals surface area (Å²) in [4.78, 5) is 10.9. The number of carbonyl (C=O) groups is 1. The van der Waals surface area contributed by atoms with Crippen molar-refractivity contribution >= 4 is 5.91 Å². The zero-order valence-electron chi connectivity index (χ0n) is 10.8. The third-order valence-electron chi connectivity index (χ3n) is 2.87. The smallest absolute Gasteiger partial charge is 0.248 e. The summed E-state index contributed by atoms with van der Waals surface area (Å²) in [7, 11) is 0. The zero-order chi connectivity index (χ0) is 14.5. The van der Waals surface area contributed by atoms with Crippen LogP contribution in [0.15, 0.2) is 42.5 Å². The number of hydrogen-bond donors (Lipinski definition) is 2. The molecule has 1 amide bonds. The minimum absolute atomic E-state index is 0.146. The second-order valence-corrected chi connectivity index (χ2v) is 4.31. The van der Waals surface area contributed by atoms with Crippen LogP contribution in [-0.4, -0.2) is 5.91 Å². The predicted molar refractivity (Wildman–Crippen MR) is 73.6 cm³/mol. The lowest BCUT2D eigenvalue weighted by molar-refractivity contribution is 0.100. The lowest BCUT2D eigenvalue weighted by Crippen LogP contribution is -2.10. The maximum absolute atomic E-state index is 13.3. The number of nitrogens with two attached hydrogens (primary N) is 2. The van der Waals surface area contributed by atoms with Crippen LogP contribution in [0.5, 0.6) is 5.75 Å². The Morgan fingerprint density at radius 1 is 1.15 bits per heavy atom. The Hall–Kier alpha value is -2.40. The molecule has 0 saturated carbocycles. The summed E-state index contributed by atoms with van der Waals surface area (Å²) in [6, 6.07) is 11.2. The van der Waals surface area contributed by atoms with E-state index >= 15 is 0 Å². The molecular weight excluding hydrogens is 259 g/mol. The number of rotatable bonds is 5. The van der Waals surface area contributed by atoms with Crippen molar-refractivity contribution < 1.29 is 13.9 Å². The van der Waals surface area contributed by atoms with Gasteiger partial charge in [0.05, 0.1) is 0 Å². The van der Waals surface area contributed by atoms with Gasteiger partial charge in [-0.05, 0) is 42.0 Å². The first kappa shape index (κ1) is 14.0. The molecule has 4 nitrogen and oxygen atoms in total. The van der Waals surface area contributed by atoms with Gasteiger partial charge in [-0.15, -0.1) is 0 Å². The van der Waals surface area contributed by atoms with Crippen LogP contribution in [0.1, 0.15) is 21.5 Å². The Labute approximate surface area is 116 Å². The van der Waals surface area contributed by atoms with Crippen molar-refractivity contribution in [3.8, 4) is 5.75 Å². The normalized spacial score (nSPS) is 10.3. The van der Waals surface area contributed by atoms with Gasteiger partial charge in [0.1, 0.15) is 18.2 Å². The van der Waals surface area contributed by atoms with Crippen LogP contribution < -0.4 is 16.2 Å². The quantitative estimate of drug-likeness (QED) is 0.874. The van der Waals surface area contributed by atoms with Crippen LogP contribution in [-0.2, 0) is 13.2 Å². The topological polar surface area (TPSA) is 78.3 Å². The van der Waals surface area contributed by atoms with Gasteiger partial charge in [0, 0.05) is 17.7 Å². The van der Waals surface area contributed by atoms with Crippen molar-refractivity contribution in [1.29, 1.82) is 0 Å². The molecule has 0 fully saturated rings. The highest BCUT2D eigenvalue weighted by molar-refractivity contribution is 5.92. The van der Waals surface area contributed by atoms with Crippen molar-refractivity contribution in [2.45, 2.75) is 13.2 Å². The SMILES string of the molecule is NCc1cc(COc2ccc(C(N)=O)cc2)ccc1F. The number of primary amides is 1. The van der Waals surface area contributed by atoms with E-state index in [4.69, 9.17) is 16.2 Å². The number of hydrogen-bond acceptors (Lipinski definition) is 3. The van der Waals surface area contributed by atoms with Crippen molar-refractivity contribution in [2.24, 2.45) is 11.5 Å². The van der Waals surface area contributed by atoms with E-state index in [0.29, 0.717) is 23.5 Å². The first-order valence-electron chi connectivity index (χ1n) is 6.10. The second-order valence-electron chi connectivity index (χ2n) is 4.31. The first-order chi connectivity index (χ1) is 9.60. The van der Waals surface area contributed by atoms with E-state index in [1.807, 2.05) is 0 Å². The molecule has 5 heteroatoms. The molecule has 0 saturated heterocycles. The minimum Gasteiger partial charge on any atom is -0.489 e. The molecule has 0 aliphatic rings. The summed E-state index contributed by atoms with van der Waals surface area (Å²) in [5, 5.41) is 0. The van der Waals surface area contributed by atoms with Gasteiger partial charge in [-0.3, -0.25) is 4.79 Å². The fourth-order valence-electron chi connectivity index (χ4n) is 1.76. The Morgan fingerprint density at radius 3 is 2.45 bits per heavy atom. The molecule has 0 aromatic heterocycles. The van der Waals surface area contributed by atoms with Crippen molar-refractivity contribution in [3.63, 3.8) is 0 Å². The Morgan fingerprint density at radius 2 is 1.85 bits per heavy atom. The average molecular weight is 274 g/mol. The van der Waals surface area contributed by atoms with Gasteiger partial charge in [0.25, 0.3) is 0 Å². The van der Waals surface area contributed by atoms with Gasteiger partial charge < -0.3 is 16.2 Å². The van der Waals surface area contributed by atoms with E-state index < -0.39 is 5.91 Å². The van der Waals surface area contributed by atoms with Crippen LogP contribution >= 0.6 is 0 Å². The van der Waals surface area contributed by atoms with Crippen LogP contribution in [0.25, 0.3) is 0 Å². The van der Waals surface area contributed by atoms with Gasteiger partial charge in [-0.25, -0.2) is 4.39 Å². The maximum atomic E-state index is 13.3. The third kappa shape index (κ3) is 3.33. The van der Waals surface area contributed by atoms with Gasteiger partial charge >= 0.3 is 0 Å². The molecule has 4 N–H and O–H groups in total. The lowest BCUT2D eigenvalue weighted by atomic mass is 10.1. The monoisotopic (exact) mass is 274 g/mol. The number of benzene rings is 2. The van der Waals surface area contributed by atoms with Crippen LogP contribution in [0, 0.1) is 5.82 Å². The zero-order valence-corrected chi connectivity index (χ0v) is 10.8. The summed E-state index contributed by atoms with van der Waals surface area (Å²) in [6.07, 6.45) is 0. The summed E-state index contributed by atoms with van der Waals surface area (Å²) in [5.74, 6) is -0.196. The Balaban J connectivity index is 2.03. The fourth-order valence-corrected chi connectivity index (χ4v) is 1.76.